The summed E-state index contributed by atoms with van der Waals surface area (Å²) < 4.78 is 26.4. The molecule has 0 fully saturated rings. The Morgan fingerprint density at radius 2 is 1.78 bits per heavy atom. The Morgan fingerprint density at radius 3 is 2.26 bits per heavy atom. The average molecular weight is 336 g/mol. The van der Waals surface area contributed by atoms with Gasteiger partial charge in [-0.1, -0.05) is 42.5 Å². The molecule has 0 bridgehead atoms. The molecule has 1 aromatic rings. The van der Waals surface area contributed by atoms with E-state index in [-0.39, 0.29) is 5.76 Å². The molecule has 0 saturated carbocycles. The number of allylic oxidation sites excluding steroid dienone is 3. The Kier molecular flexibility index (Phi) is 7.32. The van der Waals surface area contributed by atoms with Crippen molar-refractivity contribution in [2.45, 2.75) is 0 Å². The van der Waals surface area contributed by atoms with Crippen LogP contribution in [0.3, 0.4) is 0 Å². The summed E-state index contributed by atoms with van der Waals surface area (Å²) in [6, 6.07) is 9.38. The van der Waals surface area contributed by atoms with Crippen molar-refractivity contribution in [3.63, 3.8) is 0 Å². The molecule has 0 heterocycles. The minimum absolute atomic E-state index is 0.181. The molecule has 23 heavy (non-hydrogen) atoms. The standard InChI is InChI=1S/C15H17N2O5P/c1-20-13(11-7-10-12-8-5-4-6-9-12)14(18)15(17-16)23(19,21-2)22-3/h4-11H,1-3H3/b10-7+,13-11+. The molecule has 0 spiro atoms. The maximum atomic E-state index is 12.3. The van der Waals surface area contributed by atoms with Gasteiger partial charge in [-0.3, -0.25) is 4.79 Å². The van der Waals surface area contributed by atoms with Gasteiger partial charge in [0.1, 0.15) is 0 Å². The number of hydrogen-bond donors (Lipinski definition) is 0. The number of benzene rings is 1. The first-order valence-electron chi connectivity index (χ1n) is 6.48. The van der Waals surface area contributed by atoms with E-state index in [4.69, 9.17) is 10.3 Å². The monoisotopic (exact) mass is 336 g/mol. The molecule has 0 unspecified atom stereocenters. The van der Waals surface area contributed by atoms with Crippen LogP contribution in [0.25, 0.3) is 11.6 Å². The van der Waals surface area contributed by atoms with Crippen LogP contribution >= 0.6 is 7.60 Å². The van der Waals surface area contributed by atoms with E-state index in [0.29, 0.717) is 0 Å². The van der Waals surface area contributed by atoms with Crippen molar-refractivity contribution in [3.05, 3.63) is 59.3 Å². The first kappa shape index (κ1) is 18.7. The lowest BCUT2D eigenvalue weighted by Gasteiger charge is -2.08. The van der Waals surface area contributed by atoms with Gasteiger partial charge in [0.05, 0.1) is 7.11 Å². The fraction of sp³-hybridized carbons (Fsp3) is 0.200. The summed E-state index contributed by atoms with van der Waals surface area (Å²) in [5, 5.41) is 0. The van der Waals surface area contributed by atoms with Crippen LogP contribution in [0.1, 0.15) is 5.56 Å². The highest BCUT2D eigenvalue weighted by atomic mass is 31.2. The molecule has 122 valence electrons. The van der Waals surface area contributed by atoms with Gasteiger partial charge in [0.2, 0.25) is 0 Å². The van der Waals surface area contributed by atoms with Crippen molar-refractivity contribution < 1.29 is 27.9 Å². The van der Waals surface area contributed by atoms with Gasteiger partial charge in [0, 0.05) is 14.2 Å². The molecule has 1 rings (SSSR count). The molecule has 0 aromatic heterocycles. The molecular weight excluding hydrogens is 319 g/mol. The number of ether oxygens (including phenoxy) is 1. The van der Waals surface area contributed by atoms with E-state index in [9.17, 15) is 9.36 Å². The molecule has 0 atom stereocenters. The Labute approximate surface area is 134 Å². The first-order valence-corrected chi connectivity index (χ1v) is 8.03. The summed E-state index contributed by atoms with van der Waals surface area (Å²) in [4.78, 5) is 15.0. The third-order valence-corrected chi connectivity index (χ3v) is 4.59. The minimum atomic E-state index is -4.00. The van der Waals surface area contributed by atoms with Crippen LogP contribution in [0.2, 0.25) is 0 Å². The highest BCUT2D eigenvalue weighted by Gasteiger charge is 2.45. The van der Waals surface area contributed by atoms with E-state index in [1.165, 1.54) is 13.2 Å². The molecule has 0 aliphatic heterocycles. The van der Waals surface area contributed by atoms with Crippen LogP contribution in [-0.4, -0.2) is 37.4 Å². The van der Waals surface area contributed by atoms with Crippen molar-refractivity contribution >= 4 is 24.9 Å². The largest absolute Gasteiger partial charge is 0.492 e. The van der Waals surface area contributed by atoms with Gasteiger partial charge in [-0.25, -0.2) is 4.57 Å². The zero-order valence-corrected chi connectivity index (χ0v) is 13.9. The van der Waals surface area contributed by atoms with Crippen molar-refractivity contribution in [2.24, 2.45) is 0 Å². The molecule has 1 aromatic carbocycles. The van der Waals surface area contributed by atoms with Crippen LogP contribution in [0.5, 0.6) is 0 Å². The minimum Gasteiger partial charge on any atom is -0.492 e. The molecule has 0 aliphatic rings. The molecule has 0 amide bonds. The van der Waals surface area contributed by atoms with E-state index >= 15 is 0 Å². The van der Waals surface area contributed by atoms with Crippen LogP contribution in [-0.2, 0) is 23.1 Å². The van der Waals surface area contributed by atoms with Crippen LogP contribution in [0, 0.1) is 0 Å². The van der Waals surface area contributed by atoms with Gasteiger partial charge < -0.3 is 19.3 Å². The molecule has 0 saturated heterocycles. The van der Waals surface area contributed by atoms with Crippen molar-refractivity contribution in [1.29, 1.82) is 0 Å². The molecule has 0 N–H and O–H groups in total. The maximum absolute atomic E-state index is 12.3. The number of carbonyl (C=O) groups excluding carboxylic acids is 1. The van der Waals surface area contributed by atoms with E-state index < -0.39 is 18.8 Å². The Morgan fingerprint density at radius 1 is 1.17 bits per heavy atom. The predicted molar refractivity (Wildman–Crippen MR) is 85.8 cm³/mol. The molecule has 0 aliphatic carbocycles. The number of rotatable bonds is 8. The quantitative estimate of drug-likeness (QED) is 0.138. The van der Waals surface area contributed by atoms with Crippen molar-refractivity contribution in [3.8, 4) is 0 Å². The van der Waals surface area contributed by atoms with Crippen molar-refractivity contribution in [2.75, 3.05) is 21.3 Å². The Bertz CT molecular complexity index is 698. The molecule has 0 radical (unpaired) electrons. The second-order valence-electron chi connectivity index (χ2n) is 4.12. The number of hydrogen-bond acceptors (Lipinski definition) is 5. The third kappa shape index (κ3) is 4.84. The van der Waals surface area contributed by atoms with Gasteiger partial charge >= 0.3 is 18.8 Å². The summed E-state index contributed by atoms with van der Waals surface area (Å²) in [6.07, 6.45) is 4.68. The smallest absolute Gasteiger partial charge is 0.452 e. The van der Waals surface area contributed by atoms with Gasteiger partial charge in [0.25, 0.3) is 0 Å². The second-order valence-corrected chi connectivity index (χ2v) is 6.27. The van der Waals surface area contributed by atoms with E-state index in [0.717, 1.165) is 19.8 Å². The SMILES string of the molecule is CO/C(=C/C=C/c1ccccc1)C(=O)C(=[N+]=[N-])P(=O)(OC)OC. The third-order valence-electron chi connectivity index (χ3n) is 2.82. The zero-order valence-electron chi connectivity index (χ0n) is 13.0. The van der Waals surface area contributed by atoms with Gasteiger partial charge in [0.15, 0.2) is 5.76 Å². The number of methoxy groups -OCH3 is 1. The highest BCUT2D eigenvalue weighted by molar-refractivity contribution is 7.75. The fourth-order valence-corrected chi connectivity index (χ4v) is 2.59. The van der Waals surface area contributed by atoms with Crippen LogP contribution < -0.4 is 0 Å². The number of ketones is 1. The maximum Gasteiger partial charge on any atom is 0.452 e. The highest BCUT2D eigenvalue weighted by Crippen LogP contribution is 2.47. The van der Waals surface area contributed by atoms with Gasteiger partial charge in [-0.05, 0) is 11.6 Å². The van der Waals surface area contributed by atoms with E-state index in [2.05, 4.69) is 13.8 Å². The predicted octanol–water partition coefficient (Wildman–Crippen LogP) is 2.91. The van der Waals surface area contributed by atoms with E-state index in [1.54, 1.807) is 12.2 Å². The lowest BCUT2D eigenvalue weighted by molar-refractivity contribution is -0.116. The Hall–Kier alpha value is -2.30. The molecule has 8 heteroatoms. The summed E-state index contributed by atoms with van der Waals surface area (Å²) in [7, 11) is -0.580. The lowest BCUT2D eigenvalue weighted by atomic mass is 10.2. The Balaban J connectivity index is 3.07. The van der Waals surface area contributed by atoms with Crippen LogP contribution in [0.4, 0.5) is 0 Å². The number of carbonyl (C=O) groups is 1. The average Bonchev–Trinajstić information content (AvgIpc) is 2.59. The van der Waals surface area contributed by atoms with Gasteiger partial charge in [-0.15, -0.1) is 0 Å². The zero-order chi connectivity index (χ0) is 17.3. The van der Waals surface area contributed by atoms with E-state index in [1.807, 2.05) is 30.3 Å². The number of nitrogens with zero attached hydrogens (tertiary/aromatic N) is 2. The number of Topliss-reactive ketones (excluding diaryl/α,β-unsaturated/α-hetero) is 1. The van der Waals surface area contributed by atoms with Crippen molar-refractivity contribution in [1.82, 2.24) is 0 Å². The second kappa shape index (κ2) is 8.98. The van der Waals surface area contributed by atoms with Crippen LogP contribution in [0.15, 0.2) is 48.2 Å². The summed E-state index contributed by atoms with van der Waals surface area (Å²) in [5.74, 6) is -1.08. The topological polar surface area (TPSA) is 98.2 Å². The first-order chi connectivity index (χ1) is 11.0. The lowest BCUT2D eigenvalue weighted by Crippen LogP contribution is -2.20. The molecule has 7 nitrogen and oxygen atoms in total. The normalized spacial score (nSPS) is 12.0. The summed E-state index contributed by atoms with van der Waals surface area (Å²) in [5.41, 5.74) is 9.13. The summed E-state index contributed by atoms with van der Waals surface area (Å²) in [6.45, 7) is 0. The fourth-order valence-electron chi connectivity index (χ4n) is 1.63. The summed E-state index contributed by atoms with van der Waals surface area (Å²) >= 11 is 0. The van der Waals surface area contributed by atoms with Gasteiger partial charge in [-0.2, -0.15) is 4.79 Å². The molecular formula is C15H17N2O5P.